The van der Waals surface area contributed by atoms with E-state index in [2.05, 4.69) is 10.6 Å². The van der Waals surface area contributed by atoms with Gasteiger partial charge in [-0.1, -0.05) is 19.9 Å². The Morgan fingerprint density at radius 1 is 1.17 bits per heavy atom. The molecule has 0 radical (unpaired) electrons. The summed E-state index contributed by atoms with van der Waals surface area (Å²) in [6.07, 6.45) is 0. The van der Waals surface area contributed by atoms with Crippen LogP contribution in [0.25, 0.3) is 0 Å². The lowest BCUT2D eigenvalue weighted by Crippen LogP contribution is -2.30. The van der Waals surface area contributed by atoms with Crippen molar-refractivity contribution in [1.82, 2.24) is 5.32 Å². The lowest BCUT2D eigenvalue weighted by Gasteiger charge is -2.10. The Labute approximate surface area is 135 Å². The molecule has 2 rings (SSSR count). The van der Waals surface area contributed by atoms with Crippen molar-refractivity contribution in [2.75, 3.05) is 5.32 Å². The molecular formula is C17H22N2O4. The molecule has 1 saturated carbocycles. The molecule has 1 fully saturated rings. The third-order valence-electron chi connectivity index (χ3n) is 4.19. The summed E-state index contributed by atoms with van der Waals surface area (Å²) in [5, 5.41) is 14.6. The largest absolute Gasteiger partial charge is 0.481 e. The highest BCUT2D eigenvalue weighted by Gasteiger charge is 2.65. The van der Waals surface area contributed by atoms with Crippen LogP contribution in [0.2, 0.25) is 0 Å². The number of carboxylic acids is 1. The Morgan fingerprint density at radius 2 is 1.83 bits per heavy atom. The van der Waals surface area contributed by atoms with Crippen molar-refractivity contribution in [1.29, 1.82) is 0 Å². The van der Waals surface area contributed by atoms with Gasteiger partial charge in [0.1, 0.15) is 0 Å². The molecule has 2 amide bonds. The van der Waals surface area contributed by atoms with E-state index >= 15 is 0 Å². The summed E-state index contributed by atoms with van der Waals surface area (Å²) in [5.41, 5.74) is 0.377. The Morgan fingerprint density at radius 3 is 2.35 bits per heavy atom. The van der Waals surface area contributed by atoms with Crippen molar-refractivity contribution in [2.24, 2.45) is 17.3 Å². The monoisotopic (exact) mass is 318 g/mol. The SMILES string of the molecule is CC(C)NC(=O)c1cccc(NC(=O)[C@@H]2[C@H](C(=O)O)C2(C)C)c1. The number of hydrogen-bond donors (Lipinski definition) is 3. The summed E-state index contributed by atoms with van der Waals surface area (Å²) in [5.74, 6) is -2.74. The van der Waals surface area contributed by atoms with Gasteiger partial charge in [0.15, 0.2) is 0 Å². The smallest absolute Gasteiger partial charge is 0.307 e. The minimum Gasteiger partial charge on any atom is -0.481 e. The van der Waals surface area contributed by atoms with Gasteiger partial charge in [0, 0.05) is 17.3 Å². The maximum atomic E-state index is 12.3. The fourth-order valence-corrected chi connectivity index (χ4v) is 2.89. The predicted molar refractivity (Wildman–Crippen MR) is 86.1 cm³/mol. The molecule has 0 bridgehead atoms. The molecule has 1 aliphatic rings. The highest BCUT2D eigenvalue weighted by Crippen LogP contribution is 2.58. The molecule has 1 aromatic rings. The maximum Gasteiger partial charge on any atom is 0.307 e. The molecule has 1 aromatic carbocycles. The zero-order valence-electron chi connectivity index (χ0n) is 13.7. The lowest BCUT2D eigenvalue weighted by atomic mass is 10.1. The van der Waals surface area contributed by atoms with E-state index in [9.17, 15) is 14.4 Å². The highest BCUT2D eigenvalue weighted by atomic mass is 16.4. The third kappa shape index (κ3) is 3.52. The van der Waals surface area contributed by atoms with E-state index in [4.69, 9.17) is 5.11 Å². The van der Waals surface area contributed by atoms with E-state index in [1.165, 1.54) is 0 Å². The molecular weight excluding hydrogens is 296 g/mol. The van der Waals surface area contributed by atoms with Crippen LogP contribution in [-0.2, 0) is 9.59 Å². The van der Waals surface area contributed by atoms with Gasteiger partial charge in [-0.3, -0.25) is 14.4 Å². The predicted octanol–water partition coefficient (Wildman–Crippen LogP) is 2.12. The van der Waals surface area contributed by atoms with Crippen molar-refractivity contribution >= 4 is 23.5 Å². The molecule has 0 aliphatic heterocycles. The Bertz CT molecular complexity index is 652. The number of benzene rings is 1. The average Bonchev–Trinajstić information content (AvgIpc) is 3.01. The number of carbonyl (C=O) groups excluding carboxylic acids is 2. The first-order valence-corrected chi connectivity index (χ1v) is 7.59. The van der Waals surface area contributed by atoms with E-state index in [0.29, 0.717) is 11.3 Å². The maximum absolute atomic E-state index is 12.3. The van der Waals surface area contributed by atoms with Crippen LogP contribution < -0.4 is 10.6 Å². The zero-order chi connectivity index (χ0) is 17.4. The fourth-order valence-electron chi connectivity index (χ4n) is 2.89. The Kier molecular flexibility index (Phi) is 4.45. The van der Waals surface area contributed by atoms with Gasteiger partial charge in [-0.25, -0.2) is 0 Å². The Balaban J connectivity index is 2.08. The minimum absolute atomic E-state index is 0.0179. The number of amides is 2. The number of carboxylic acid groups (broad SMARTS) is 1. The second-order valence-electron chi connectivity index (χ2n) is 6.81. The molecule has 3 N–H and O–H groups in total. The van der Waals surface area contributed by atoms with E-state index in [1.807, 2.05) is 13.8 Å². The summed E-state index contributed by atoms with van der Waals surface area (Å²) >= 11 is 0. The first-order valence-electron chi connectivity index (χ1n) is 7.59. The van der Waals surface area contributed by atoms with Crippen LogP contribution in [0.3, 0.4) is 0 Å². The number of nitrogens with one attached hydrogen (secondary N) is 2. The average molecular weight is 318 g/mol. The van der Waals surface area contributed by atoms with Gasteiger partial charge in [0.25, 0.3) is 5.91 Å². The van der Waals surface area contributed by atoms with Crippen molar-refractivity contribution in [3.63, 3.8) is 0 Å². The van der Waals surface area contributed by atoms with Crippen molar-refractivity contribution < 1.29 is 19.5 Å². The first kappa shape index (κ1) is 17.0. The van der Waals surface area contributed by atoms with Crippen LogP contribution in [0.15, 0.2) is 24.3 Å². The molecule has 124 valence electrons. The van der Waals surface area contributed by atoms with E-state index in [1.54, 1.807) is 38.1 Å². The zero-order valence-corrected chi connectivity index (χ0v) is 13.7. The van der Waals surface area contributed by atoms with Crippen molar-refractivity contribution in [2.45, 2.75) is 33.7 Å². The van der Waals surface area contributed by atoms with Gasteiger partial charge in [0.05, 0.1) is 11.8 Å². The van der Waals surface area contributed by atoms with Crippen LogP contribution in [0.5, 0.6) is 0 Å². The van der Waals surface area contributed by atoms with Gasteiger partial charge >= 0.3 is 5.97 Å². The molecule has 0 aromatic heterocycles. The topological polar surface area (TPSA) is 95.5 Å². The number of aliphatic carboxylic acids is 1. The molecule has 6 heteroatoms. The molecule has 0 heterocycles. The minimum atomic E-state index is -0.958. The summed E-state index contributed by atoms with van der Waals surface area (Å²) < 4.78 is 0. The number of rotatable bonds is 5. The molecule has 6 nitrogen and oxygen atoms in total. The highest BCUT2D eigenvalue weighted by molar-refractivity contribution is 6.01. The van der Waals surface area contributed by atoms with Crippen LogP contribution in [0.1, 0.15) is 38.1 Å². The van der Waals surface area contributed by atoms with E-state index in [-0.39, 0.29) is 17.9 Å². The summed E-state index contributed by atoms with van der Waals surface area (Å²) in [6.45, 7) is 7.26. The van der Waals surface area contributed by atoms with Crippen LogP contribution >= 0.6 is 0 Å². The van der Waals surface area contributed by atoms with Gasteiger partial charge in [-0.05, 0) is 37.5 Å². The molecule has 1 aliphatic carbocycles. The standard InChI is InChI=1S/C17H22N2O4/c1-9(2)18-14(20)10-6-5-7-11(8-10)19-15(21)12-13(16(22)23)17(12,3)4/h5-9,12-13H,1-4H3,(H,18,20)(H,19,21)(H,22,23)/t12-,13+/m0/s1. The van der Waals surface area contributed by atoms with Crippen LogP contribution in [0, 0.1) is 17.3 Å². The first-order chi connectivity index (χ1) is 10.6. The van der Waals surface area contributed by atoms with Crippen molar-refractivity contribution in [3.8, 4) is 0 Å². The normalized spacial score (nSPS) is 21.6. The number of anilines is 1. The van der Waals surface area contributed by atoms with Gasteiger partial charge < -0.3 is 15.7 Å². The fraction of sp³-hybridized carbons (Fsp3) is 0.471. The van der Waals surface area contributed by atoms with Gasteiger partial charge in [-0.15, -0.1) is 0 Å². The Hall–Kier alpha value is -2.37. The van der Waals surface area contributed by atoms with E-state index in [0.717, 1.165) is 0 Å². The summed E-state index contributed by atoms with van der Waals surface area (Å²) in [7, 11) is 0. The quantitative estimate of drug-likeness (QED) is 0.775. The van der Waals surface area contributed by atoms with Gasteiger partial charge in [-0.2, -0.15) is 0 Å². The molecule has 0 unspecified atom stereocenters. The third-order valence-corrected chi connectivity index (χ3v) is 4.19. The molecule has 0 saturated heterocycles. The van der Waals surface area contributed by atoms with Crippen LogP contribution in [0.4, 0.5) is 5.69 Å². The molecule has 23 heavy (non-hydrogen) atoms. The molecule has 2 atom stereocenters. The lowest BCUT2D eigenvalue weighted by molar-refractivity contribution is -0.140. The number of carbonyl (C=O) groups is 3. The second-order valence-corrected chi connectivity index (χ2v) is 6.81. The van der Waals surface area contributed by atoms with Crippen molar-refractivity contribution in [3.05, 3.63) is 29.8 Å². The van der Waals surface area contributed by atoms with E-state index < -0.39 is 23.2 Å². The summed E-state index contributed by atoms with van der Waals surface area (Å²) in [6, 6.07) is 6.62. The van der Waals surface area contributed by atoms with Gasteiger partial charge in [0.2, 0.25) is 5.91 Å². The van der Waals surface area contributed by atoms with Crippen LogP contribution in [-0.4, -0.2) is 28.9 Å². The second kappa shape index (κ2) is 6.02. The number of hydrogen-bond acceptors (Lipinski definition) is 3. The molecule has 0 spiro atoms. The summed E-state index contributed by atoms with van der Waals surface area (Å²) in [4.78, 5) is 35.4.